The van der Waals surface area contributed by atoms with E-state index in [1.165, 1.54) is 29.2 Å². The fraction of sp³-hybridized carbons (Fsp3) is 0.192. The van der Waals surface area contributed by atoms with E-state index in [9.17, 15) is 19.2 Å². The molecule has 3 aromatic carbocycles. The monoisotopic (exact) mass is 495 g/mol. The Hall–Kier alpha value is -3.40. The van der Waals surface area contributed by atoms with Crippen molar-refractivity contribution in [3.63, 3.8) is 0 Å². The summed E-state index contributed by atoms with van der Waals surface area (Å²) in [5.74, 6) is -2.05. The molecule has 2 amide bonds. The summed E-state index contributed by atoms with van der Waals surface area (Å²) in [5, 5.41) is 13.5. The van der Waals surface area contributed by atoms with E-state index in [1.54, 1.807) is 36.4 Å². The van der Waals surface area contributed by atoms with Crippen LogP contribution in [0.15, 0.2) is 60.7 Å². The van der Waals surface area contributed by atoms with E-state index in [4.69, 9.17) is 23.2 Å². The van der Waals surface area contributed by atoms with Crippen molar-refractivity contribution in [1.82, 2.24) is 0 Å². The van der Waals surface area contributed by atoms with Crippen LogP contribution in [0.5, 0.6) is 0 Å². The molecule has 0 aromatic heterocycles. The molecule has 5 nitrogen and oxygen atoms in total. The summed E-state index contributed by atoms with van der Waals surface area (Å²) < 4.78 is 13.2. The van der Waals surface area contributed by atoms with Crippen LogP contribution in [0, 0.1) is 30.0 Å². The number of nitrogens with zero attached hydrogens (tertiary/aromatic N) is 2. The van der Waals surface area contributed by atoms with Crippen LogP contribution in [0.4, 0.5) is 15.8 Å². The predicted molar refractivity (Wildman–Crippen MR) is 131 cm³/mol. The topological polar surface area (TPSA) is 73.2 Å². The summed E-state index contributed by atoms with van der Waals surface area (Å²) >= 11 is 12.5. The number of anilines is 2. The highest BCUT2D eigenvalue weighted by molar-refractivity contribution is 6.32. The largest absolute Gasteiger partial charge is 0.325 e. The first-order chi connectivity index (χ1) is 16.3. The molecule has 0 aliphatic carbocycles. The third-order valence-electron chi connectivity index (χ3n) is 5.88. The maximum Gasteiger partial charge on any atom is 0.229 e. The molecule has 0 spiro atoms. The van der Waals surface area contributed by atoms with Gasteiger partial charge >= 0.3 is 0 Å². The standard InChI is InChI=1S/C26H20Cl2FN3O2/c1-15-10-21(22(13-30)16-2-4-18(27)5-3-16)23(28)12-24(15)31-26(34)17-11-25(33)32(14-17)20-8-6-19(29)7-9-20/h2-10,12,17,22H,11,14H2,1H3,(H,31,34)/t17-,22+/m1/s1. The second-order valence-corrected chi connectivity index (χ2v) is 9.02. The second kappa shape index (κ2) is 9.84. The van der Waals surface area contributed by atoms with E-state index in [1.807, 2.05) is 6.92 Å². The number of rotatable bonds is 5. The van der Waals surface area contributed by atoms with Crippen molar-refractivity contribution in [2.45, 2.75) is 19.3 Å². The molecule has 1 N–H and O–H groups in total. The van der Waals surface area contributed by atoms with Crippen LogP contribution < -0.4 is 10.2 Å². The lowest BCUT2D eigenvalue weighted by atomic mass is 9.91. The van der Waals surface area contributed by atoms with Crippen molar-refractivity contribution >= 4 is 46.4 Å². The van der Waals surface area contributed by atoms with E-state index in [-0.39, 0.29) is 24.8 Å². The van der Waals surface area contributed by atoms with Gasteiger partial charge in [0.25, 0.3) is 0 Å². The van der Waals surface area contributed by atoms with E-state index in [0.717, 1.165) is 11.1 Å². The van der Waals surface area contributed by atoms with Crippen LogP contribution in [-0.4, -0.2) is 18.4 Å². The minimum absolute atomic E-state index is 0.0567. The van der Waals surface area contributed by atoms with Gasteiger partial charge in [0.15, 0.2) is 0 Å². The number of hydrogen-bond donors (Lipinski definition) is 1. The van der Waals surface area contributed by atoms with Crippen molar-refractivity contribution < 1.29 is 14.0 Å². The number of benzene rings is 3. The lowest BCUT2D eigenvalue weighted by Gasteiger charge is -2.18. The molecular weight excluding hydrogens is 476 g/mol. The lowest BCUT2D eigenvalue weighted by molar-refractivity contribution is -0.122. The van der Waals surface area contributed by atoms with Crippen molar-refractivity contribution in [2.75, 3.05) is 16.8 Å². The molecule has 1 fully saturated rings. The van der Waals surface area contributed by atoms with Crippen LogP contribution in [0.3, 0.4) is 0 Å². The molecule has 1 aliphatic rings. The van der Waals surface area contributed by atoms with Crippen LogP contribution in [-0.2, 0) is 9.59 Å². The van der Waals surface area contributed by atoms with Crippen LogP contribution in [0.2, 0.25) is 10.0 Å². The Labute approximate surface area is 206 Å². The average Bonchev–Trinajstić information content (AvgIpc) is 3.21. The zero-order chi connectivity index (χ0) is 24.4. The van der Waals surface area contributed by atoms with Gasteiger partial charge in [-0.3, -0.25) is 9.59 Å². The molecule has 0 saturated carbocycles. The fourth-order valence-corrected chi connectivity index (χ4v) is 4.43. The molecule has 2 atom stereocenters. The minimum Gasteiger partial charge on any atom is -0.325 e. The molecule has 1 heterocycles. The molecule has 3 aromatic rings. The Bertz CT molecular complexity index is 1290. The van der Waals surface area contributed by atoms with Gasteiger partial charge in [0.05, 0.1) is 17.9 Å². The molecule has 0 radical (unpaired) electrons. The van der Waals surface area contributed by atoms with Gasteiger partial charge in [-0.1, -0.05) is 41.4 Å². The zero-order valence-corrected chi connectivity index (χ0v) is 19.7. The maximum atomic E-state index is 13.2. The highest BCUT2D eigenvalue weighted by atomic mass is 35.5. The molecule has 0 bridgehead atoms. The number of nitrogens with one attached hydrogen (secondary N) is 1. The smallest absolute Gasteiger partial charge is 0.229 e. The summed E-state index contributed by atoms with van der Waals surface area (Å²) in [6, 6.07) is 18.3. The summed E-state index contributed by atoms with van der Waals surface area (Å²) in [6.07, 6.45) is 0.0567. The van der Waals surface area contributed by atoms with Gasteiger partial charge < -0.3 is 10.2 Å². The SMILES string of the molecule is Cc1cc([C@@H](C#N)c2ccc(Cl)cc2)c(Cl)cc1NC(=O)[C@@H]1CC(=O)N(c2ccc(F)cc2)C1. The van der Waals surface area contributed by atoms with Crippen molar-refractivity contribution in [3.8, 4) is 6.07 Å². The van der Waals surface area contributed by atoms with Gasteiger partial charge in [-0.05, 0) is 66.1 Å². The number of aryl methyl sites for hydroxylation is 1. The Morgan fingerprint density at radius 1 is 1.15 bits per heavy atom. The number of amides is 2. The van der Waals surface area contributed by atoms with Gasteiger partial charge in [0.2, 0.25) is 11.8 Å². The first kappa shape index (κ1) is 23.7. The highest BCUT2D eigenvalue weighted by Crippen LogP contribution is 2.35. The first-order valence-electron chi connectivity index (χ1n) is 10.6. The predicted octanol–water partition coefficient (Wildman–Crippen LogP) is 6.09. The molecule has 4 rings (SSSR count). The van der Waals surface area contributed by atoms with Gasteiger partial charge in [0.1, 0.15) is 5.82 Å². The van der Waals surface area contributed by atoms with E-state index >= 15 is 0 Å². The summed E-state index contributed by atoms with van der Waals surface area (Å²) in [5.41, 5.74) is 3.19. The molecule has 0 unspecified atom stereocenters. The average molecular weight is 496 g/mol. The number of carbonyl (C=O) groups is 2. The van der Waals surface area contributed by atoms with Crippen LogP contribution in [0.1, 0.15) is 29.0 Å². The lowest BCUT2D eigenvalue weighted by Crippen LogP contribution is -2.28. The van der Waals surface area contributed by atoms with Gasteiger partial charge in [0, 0.05) is 34.4 Å². The Kier molecular flexibility index (Phi) is 6.87. The molecule has 172 valence electrons. The quantitative estimate of drug-likeness (QED) is 0.465. The molecular formula is C26H20Cl2FN3O2. The number of hydrogen-bond acceptors (Lipinski definition) is 3. The van der Waals surface area contributed by atoms with Crippen molar-refractivity contribution in [2.24, 2.45) is 5.92 Å². The highest BCUT2D eigenvalue weighted by Gasteiger charge is 2.35. The first-order valence-corrected chi connectivity index (χ1v) is 11.3. The Morgan fingerprint density at radius 2 is 1.82 bits per heavy atom. The van der Waals surface area contributed by atoms with Crippen LogP contribution >= 0.6 is 23.2 Å². The molecule has 1 saturated heterocycles. The van der Waals surface area contributed by atoms with E-state index in [2.05, 4.69) is 11.4 Å². The Balaban J connectivity index is 1.51. The van der Waals surface area contributed by atoms with Gasteiger partial charge in [-0.25, -0.2) is 4.39 Å². The zero-order valence-electron chi connectivity index (χ0n) is 18.2. The fourth-order valence-electron chi connectivity index (χ4n) is 4.03. The van der Waals surface area contributed by atoms with E-state index in [0.29, 0.717) is 27.0 Å². The third-order valence-corrected chi connectivity index (χ3v) is 6.46. The maximum absolute atomic E-state index is 13.2. The third kappa shape index (κ3) is 4.91. The van der Waals surface area contributed by atoms with Gasteiger partial charge in [-0.15, -0.1) is 0 Å². The van der Waals surface area contributed by atoms with E-state index < -0.39 is 17.7 Å². The van der Waals surface area contributed by atoms with Crippen molar-refractivity contribution in [3.05, 3.63) is 93.2 Å². The minimum atomic E-state index is -0.593. The Morgan fingerprint density at radius 3 is 2.47 bits per heavy atom. The molecule has 1 aliphatic heterocycles. The number of halogens is 3. The normalized spacial score (nSPS) is 16.3. The molecule has 34 heavy (non-hydrogen) atoms. The van der Waals surface area contributed by atoms with Gasteiger partial charge in [-0.2, -0.15) is 5.26 Å². The summed E-state index contributed by atoms with van der Waals surface area (Å²) in [6.45, 7) is 2.02. The molecule has 8 heteroatoms. The summed E-state index contributed by atoms with van der Waals surface area (Å²) in [4.78, 5) is 26.9. The second-order valence-electron chi connectivity index (χ2n) is 8.17. The summed E-state index contributed by atoms with van der Waals surface area (Å²) in [7, 11) is 0. The number of nitriles is 1. The number of carbonyl (C=O) groups excluding carboxylic acids is 2. The van der Waals surface area contributed by atoms with Crippen molar-refractivity contribution in [1.29, 1.82) is 5.26 Å². The van der Waals surface area contributed by atoms with Crippen LogP contribution in [0.25, 0.3) is 0 Å².